The van der Waals surface area contributed by atoms with Gasteiger partial charge in [0.1, 0.15) is 4.83 Å². The topological polar surface area (TPSA) is 17.8 Å². The molecule has 0 saturated heterocycles. The molecule has 0 N–H and O–H groups in total. The van der Waals surface area contributed by atoms with Gasteiger partial charge in [-0.2, -0.15) is 5.10 Å². The SMILES string of the molecule is CC(C)(C)[Si](C)(C)CCn1ncc2ccsc21. The molecule has 0 atom stereocenters. The van der Waals surface area contributed by atoms with E-state index in [4.69, 9.17) is 0 Å². The number of rotatable bonds is 3. The van der Waals surface area contributed by atoms with Crippen LogP contribution in [0, 0.1) is 0 Å². The van der Waals surface area contributed by atoms with Crippen LogP contribution in [0.1, 0.15) is 20.8 Å². The molecule has 0 amide bonds. The molecule has 2 aromatic heterocycles. The smallest absolute Gasteiger partial charge is 0.121 e. The number of hydrogen-bond donors (Lipinski definition) is 0. The third kappa shape index (κ3) is 2.47. The van der Waals surface area contributed by atoms with Crippen molar-refractivity contribution in [3.8, 4) is 0 Å². The van der Waals surface area contributed by atoms with Crippen molar-refractivity contribution < 1.29 is 0 Å². The number of fused-ring (bicyclic) bond motifs is 1. The van der Waals surface area contributed by atoms with E-state index in [-0.39, 0.29) is 0 Å². The van der Waals surface area contributed by atoms with E-state index in [0.717, 1.165) is 6.54 Å². The van der Waals surface area contributed by atoms with Crippen LogP contribution in [0.3, 0.4) is 0 Å². The first-order valence-corrected chi connectivity index (χ1v) is 10.3. The summed E-state index contributed by atoms with van der Waals surface area (Å²) in [7, 11) is -1.18. The Morgan fingerprint density at radius 3 is 2.71 bits per heavy atom. The van der Waals surface area contributed by atoms with Crippen LogP contribution < -0.4 is 0 Å². The summed E-state index contributed by atoms with van der Waals surface area (Å²) in [6, 6.07) is 3.45. The van der Waals surface area contributed by atoms with Crippen molar-refractivity contribution in [3.05, 3.63) is 17.6 Å². The Morgan fingerprint density at radius 2 is 2.06 bits per heavy atom. The second-order valence-corrected chi connectivity index (χ2v) is 13.1. The average molecular weight is 266 g/mol. The van der Waals surface area contributed by atoms with Gasteiger partial charge in [0.05, 0.1) is 14.3 Å². The van der Waals surface area contributed by atoms with E-state index in [1.807, 2.05) is 6.20 Å². The highest BCUT2D eigenvalue weighted by molar-refractivity contribution is 7.16. The summed E-state index contributed by atoms with van der Waals surface area (Å²) < 4.78 is 2.18. The molecule has 94 valence electrons. The summed E-state index contributed by atoms with van der Waals surface area (Å²) in [5.74, 6) is 0. The van der Waals surface area contributed by atoms with Crippen LogP contribution in [-0.2, 0) is 6.54 Å². The van der Waals surface area contributed by atoms with Crippen molar-refractivity contribution >= 4 is 29.6 Å². The first kappa shape index (κ1) is 12.8. The summed E-state index contributed by atoms with van der Waals surface area (Å²) in [4.78, 5) is 1.32. The molecule has 0 saturated carbocycles. The number of hydrogen-bond acceptors (Lipinski definition) is 2. The number of aryl methyl sites for hydroxylation is 1. The van der Waals surface area contributed by atoms with Crippen molar-refractivity contribution in [1.29, 1.82) is 0 Å². The Labute approximate surface area is 109 Å². The van der Waals surface area contributed by atoms with Crippen LogP contribution >= 0.6 is 11.3 Å². The summed E-state index contributed by atoms with van der Waals surface area (Å²) >= 11 is 1.79. The molecule has 0 bridgehead atoms. The van der Waals surface area contributed by atoms with Crippen LogP contribution in [-0.4, -0.2) is 17.9 Å². The highest BCUT2D eigenvalue weighted by atomic mass is 32.1. The standard InChI is InChI=1S/C13H22N2SSi/c1-13(2,3)17(4,5)9-7-15-12-11(10-14-15)6-8-16-12/h6,8,10H,7,9H2,1-5H3. The molecule has 0 aromatic carbocycles. The van der Waals surface area contributed by atoms with Gasteiger partial charge in [0.25, 0.3) is 0 Å². The summed E-state index contributed by atoms with van der Waals surface area (Å²) in [5.41, 5.74) is 0. The van der Waals surface area contributed by atoms with Crippen molar-refractivity contribution in [1.82, 2.24) is 9.78 Å². The van der Waals surface area contributed by atoms with Crippen LogP contribution in [0.15, 0.2) is 17.6 Å². The normalized spacial score (nSPS) is 13.5. The van der Waals surface area contributed by atoms with E-state index < -0.39 is 8.07 Å². The van der Waals surface area contributed by atoms with E-state index in [1.165, 1.54) is 16.3 Å². The Kier molecular flexibility index (Phi) is 3.21. The van der Waals surface area contributed by atoms with E-state index in [9.17, 15) is 0 Å². The summed E-state index contributed by atoms with van der Waals surface area (Å²) in [6.07, 6.45) is 1.98. The molecule has 17 heavy (non-hydrogen) atoms. The Morgan fingerprint density at radius 1 is 1.35 bits per heavy atom. The Bertz CT molecular complexity index is 505. The largest absolute Gasteiger partial charge is 0.255 e. The molecule has 2 nitrogen and oxygen atoms in total. The number of aromatic nitrogens is 2. The predicted molar refractivity (Wildman–Crippen MR) is 79.6 cm³/mol. The van der Waals surface area contributed by atoms with E-state index in [1.54, 1.807) is 11.3 Å². The van der Waals surface area contributed by atoms with Crippen molar-refractivity contribution in [2.24, 2.45) is 0 Å². The zero-order chi connectivity index (χ0) is 12.7. The minimum Gasteiger partial charge on any atom is -0.255 e. The van der Waals surface area contributed by atoms with Crippen LogP contribution in [0.2, 0.25) is 24.2 Å². The minimum atomic E-state index is -1.18. The fourth-order valence-electron chi connectivity index (χ4n) is 1.72. The highest BCUT2D eigenvalue weighted by Crippen LogP contribution is 2.39. The van der Waals surface area contributed by atoms with E-state index in [2.05, 4.69) is 55.1 Å². The molecular formula is C13H22N2SSi. The molecule has 2 heterocycles. The fraction of sp³-hybridized carbons (Fsp3) is 0.615. The molecule has 0 fully saturated rings. The summed E-state index contributed by atoms with van der Waals surface area (Å²) in [5, 5.41) is 8.39. The van der Waals surface area contributed by atoms with E-state index >= 15 is 0 Å². The Hall–Kier alpha value is -0.613. The van der Waals surface area contributed by atoms with Crippen LogP contribution in [0.25, 0.3) is 10.2 Å². The van der Waals surface area contributed by atoms with Gasteiger partial charge in [-0.3, -0.25) is 4.68 Å². The van der Waals surface area contributed by atoms with E-state index in [0.29, 0.717) is 5.04 Å². The molecular weight excluding hydrogens is 244 g/mol. The van der Waals surface area contributed by atoms with Gasteiger partial charge < -0.3 is 0 Å². The second-order valence-electron chi connectivity index (χ2n) is 6.43. The van der Waals surface area contributed by atoms with Crippen LogP contribution in [0.4, 0.5) is 0 Å². The maximum absolute atomic E-state index is 4.49. The first-order chi connectivity index (χ1) is 7.81. The third-order valence-corrected chi connectivity index (χ3v) is 10.7. The predicted octanol–water partition coefficient (Wildman–Crippen LogP) is 4.61. The molecule has 0 unspecified atom stereocenters. The highest BCUT2D eigenvalue weighted by Gasteiger charge is 2.34. The van der Waals surface area contributed by atoms with Crippen molar-refractivity contribution in [3.63, 3.8) is 0 Å². The minimum absolute atomic E-state index is 0.467. The molecule has 0 radical (unpaired) electrons. The van der Waals surface area contributed by atoms with Crippen molar-refractivity contribution in [2.45, 2.75) is 51.5 Å². The molecule has 2 rings (SSSR count). The molecule has 4 heteroatoms. The van der Waals surface area contributed by atoms with Gasteiger partial charge in [-0.15, -0.1) is 11.3 Å². The van der Waals surface area contributed by atoms with Crippen LogP contribution in [0.5, 0.6) is 0 Å². The number of thiophene rings is 1. The van der Waals surface area contributed by atoms with Gasteiger partial charge in [-0.05, 0) is 22.5 Å². The quantitative estimate of drug-likeness (QED) is 0.742. The molecule has 0 aliphatic rings. The second kappa shape index (κ2) is 4.25. The lowest BCUT2D eigenvalue weighted by molar-refractivity contribution is 0.649. The van der Waals surface area contributed by atoms with Gasteiger partial charge >= 0.3 is 0 Å². The average Bonchev–Trinajstić information content (AvgIpc) is 2.74. The lowest BCUT2D eigenvalue weighted by Crippen LogP contribution is -2.37. The molecule has 2 aromatic rings. The molecule has 0 aliphatic heterocycles. The zero-order valence-electron chi connectivity index (χ0n) is 11.4. The maximum Gasteiger partial charge on any atom is 0.121 e. The lowest BCUT2D eigenvalue weighted by atomic mass is 10.2. The number of nitrogens with zero attached hydrogens (tertiary/aromatic N) is 2. The third-order valence-electron chi connectivity index (χ3n) is 4.22. The Balaban J connectivity index is 2.11. The van der Waals surface area contributed by atoms with Gasteiger partial charge in [0, 0.05) is 11.9 Å². The van der Waals surface area contributed by atoms with Gasteiger partial charge in [-0.25, -0.2) is 0 Å². The van der Waals surface area contributed by atoms with Crippen molar-refractivity contribution in [2.75, 3.05) is 0 Å². The zero-order valence-corrected chi connectivity index (χ0v) is 13.3. The maximum atomic E-state index is 4.49. The lowest BCUT2D eigenvalue weighted by Gasteiger charge is -2.37. The molecule has 0 aliphatic carbocycles. The van der Waals surface area contributed by atoms with Gasteiger partial charge in [0.2, 0.25) is 0 Å². The first-order valence-electron chi connectivity index (χ1n) is 6.20. The fourth-order valence-corrected chi connectivity index (χ4v) is 4.10. The molecule has 0 spiro atoms. The van der Waals surface area contributed by atoms with Gasteiger partial charge in [0.15, 0.2) is 0 Å². The van der Waals surface area contributed by atoms with Gasteiger partial charge in [-0.1, -0.05) is 33.9 Å². The monoisotopic (exact) mass is 266 g/mol. The summed E-state index contributed by atoms with van der Waals surface area (Å²) in [6.45, 7) is 13.2.